The van der Waals surface area contributed by atoms with E-state index in [9.17, 15) is 5.26 Å². The molecule has 3 rings (SSSR count). The number of hydrogen-bond donors (Lipinski definition) is 1. The van der Waals surface area contributed by atoms with Crippen LogP contribution >= 0.6 is 0 Å². The molecule has 4 heteroatoms. The molecule has 2 fully saturated rings. The molecule has 2 atom stereocenters. The first kappa shape index (κ1) is 14.4. The second kappa shape index (κ2) is 6.05. The molecule has 1 aromatic rings. The van der Waals surface area contributed by atoms with Gasteiger partial charge in [0.05, 0.1) is 23.5 Å². The number of ether oxygens (including phenoxy) is 1. The molecule has 1 aliphatic carbocycles. The summed E-state index contributed by atoms with van der Waals surface area (Å²) in [6, 6.07) is 9.30. The summed E-state index contributed by atoms with van der Waals surface area (Å²) in [6.07, 6.45) is 2.98. The molecule has 1 aromatic carbocycles. The number of rotatable bonds is 4. The molecule has 1 saturated carbocycles. The molecule has 21 heavy (non-hydrogen) atoms. The lowest BCUT2D eigenvalue weighted by Crippen LogP contribution is -2.45. The molecule has 112 valence electrons. The number of anilines is 1. The van der Waals surface area contributed by atoms with Crippen LogP contribution in [0.15, 0.2) is 18.2 Å². The van der Waals surface area contributed by atoms with Crippen molar-refractivity contribution < 1.29 is 4.74 Å². The zero-order valence-electron chi connectivity index (χ0n) is 12.8. The van der Waals surface area contributed by atoms with Crippen LogP contribution in [0.1, 0.15) is 37.8 Å². The summed E-state index contributed by atoms with van der Waals surface area (Å²) in [6.45, 7) is 6.72. The van der Waals surface area contributed by atoms with Gasteiger partial charge in [-0.05, 0) is 44.4 Å². The second-order valence-electron chi connectivity index (χ2n) is 6.28. The van der Waals surface area contributed by atoms with E-state index in [4.69, 9.17) is 4.74 Å². The molecule has 0 bridgehead atoms. The van der Waals surface area contributed by atoms with Gasteiger partial charge in [0.25, 0.3) is 0 Å². The van der Waals surface area contributed by atoms with Gasteiger partial charge < -0.3 is 15.0 Å². The molecule has 0 unspecified atom stereocenters. The molecular weight excluding hydrogens is 262 g/mol. The topological polar surface area (TPSA) is 48.3 Å². The first-order valence-corrected chi connectivity index (χ1v) is 7.82. The van der Waals surface area contributed by atoms with E-state index in [0.29, 0.717) is 6.04 Å². The molecule has 4 nitrogen and oxygen atoms in total. The van der Waals surface area contributed by atoms with E-state index in [1.165, 1.54) is 18.4 Å². The largest absolute Gasteiger partial charge is 0.372 e. The van der Waals surface area contributed by atoms with Gasteiger partial charge in [-0.3, -0.25) is 0 Å². The molecule has 1 saturated heterocycles. The first-order valence-electron chi connectivity index (χ1n) is 7.82. The van der Waals surface area contributed by atoms with Gasteiger partial charge >= 0.3 is 0 Å². The van der Waals surface area contributed by atoms with Crippen LogP contribution in [0.3, 0.4) is 0 Å². The zero-order chi connectivity index (χ0) is 14.8. The van der Waals surface area contributed by atoms with E-state index in [0.717, 1.165) is 30.9 Å². The lowest BCUT2D eigenvalue weighted by atomic mass is 10.1. The Bertz CT molecular complexity index is 537. The summed E-state index contributed by atoms with van der Waals surface area (Å²) in [4.78, 5) is 2.27. The average molecular weight is 285 g/mol. The van der Waals surface area contributed by atoms with Crippen molar-refractivity contribution in [1.82, 2.24) is 5.32 Å². The van der Waals surface area contributed by atoms with Crippen LogP contribution in [0.25, 0.3) is 0 Å². The van der Waals surface area contributed by atoms with Crippen molar-refractivity contribution >= 4 is 5.69 Å². The highest BCUT2D eigenvalue weighted by atomic mass is 16.5. The Morgan fingerprint density at radius 1 is 1.29 bits per heavy atom. The smallest absolute Gasteiger partial charge is 0.101 e. The summed E-state index contributed by atoms with van der Waals surface area (Å²) >= 11 is 0. The summed E-state index contributed by atoms with van der Waals surface area (Å²) in [7, 11) is 0. The van der Waals surface area contributed by atoms with E-state index in [-0.39, 0.29) is 12.2 Å². The van der Waals surface area contributed by atoms with E-state index in [1.807, 2.05) is 6.07 Å². The van der Waals surface area contributed by atoms with Crippen molar-refractivity contribution in [3.8, 4) is 6.07 Å². The van der Waals surface area contributed by atoms with E-state index in [2.05, 4.69) is 42.3 Å². The van der Waals surface area contributed by atoms with Crippen molar-refractivity contribution in [1.29, 1.82) is 5.26 Å². The minimum atomic E-state index is 0.205. The molecule has 1 aliphatic heterocycles. The highest BCUT2D eigenvalue weighted by molar-refractivity contribution is 5.61. The lowest BCUT2D eigenvalue weighted by Gasteiger charge is -2.37. The van der Waals surface area contributed by atoms with Gasteiger partial charge in [0.15, 0.2) is 0 Å². The molecule has 0 radical (unpaired) electrons. The maximum atomic E-state index is 9.47. The van der Waals surface area contributed by atoms with E-state index < -0.39 is 0 Å². The Morgan fingerprint density at radius 3 is 2.62 bits per heavy atom. The molecule has 0 aromatic heterocycles. The highest BCUT2D eigenvalue weighted by Gasteiger charge is 2.24. The Hall–Kier alpha value is -1.57. The van der Waals surface area contributed by atoms with Gasteiger partial charge in [-0.25, -0.2) is 0 Å². The monoisotopic (exact) mass is 285 g/mol. The third-order valence-electron chi connectivity index (χ3n) is 4.11. The number of nitrogens with zero attached hydrogens (tertiary/aromatic N) is 2. The predicted octanol–water partition coefficient (Wildman–Crippen LogP) is 2.42. The quantitative estimate of drug-likeness (QED) is 0.923. The number of hydrogen-bond acceptors (Lipinski definition) is 4. The first-order chi connectivity index (χ1) is 10.2. The van der Waals surface area contributed by atoms with Gasteiger partial charge in [-0.2, -0.15) is 5.26 Å². The standard InChI is InChI=1S/C17H23N3O/c1-12-10-20(11-13(2)21-12)17-6-3-14(7-15(17)8-18)9-19-16-4-5-16/h3,6-7,12-13,16,19H,4-5,9-11H2,1-2H3/t12-,13+. The number of morpholine rings is 1. The summed E-state index contributed by atoms with van der Waals surface area (Å²) < 4.78 is 5.77. The highest BCUT2D eigenvalue weighted by Crippen LogP contribution is 2.26. The maximum absolute atomic E-state index is 9.47. The molecular formula is C17H23N3O. The van der Waals surface area contributed by atoms with Crippen LogP contribution in [0.5, 0.6) is 0 Å². The fourth-order valence-electron chi connectivity index (χ4n) is 2.98. The van der Waals surface area contributed by atoms with Crippen LogP contribution in [-0.2, 0) is 11.3 Å². The summed E-state index contributed by atoms with van der Waals surface area (Å²) in [5.41, 5.74) is 3.00. The normalized spacial score (nSPS) is 25.7. The summed E-state index contributed by atoms with van der Waals surface area (Å²) in [5, 5.41) is 13.0. The number of benzene rings is 1. The van der Waals surface area contributed by atoms with Gasteiger partial charge in [-0.15, -0.1) is 0 Å². The lowest BCUT2D eigenvalue weighted by molar-refractivity contribution is -0.00522. The Labute approximate surface area is 126 Å². The van der Waals surface area contributed by atoms with Crippen LogP contribution < -0.4 is 10.2 Å². The van der Waals surface area contributed by atoms with Crippen LogP contribution in [-0.4, -0.2) is 31.3 Å². The van der Waals surface area contributed by atoms with Crippen LogP contribution in [0, 0.1) is 11.3 Å². The second-order valence-corrected chi connectivity index (χ2v) is 6.28. The zero-order valence-corrected chi connectivity index (χ0v) is 12.8. The average Bonchev–Trinajstić information content (AvgIpc) is 3.28. The predicted molar refractivity (Wildman–Crippen MR) is 83.2 cm³/mol. The minimum absolute atomic E-state index is 0.205. The number of nitrogens with one attached hydrogen (secondary N) is 1. The third-order valence-corrected chi connectivity index (χ3v) is 4.11. The van der Waals surface area contributed by atoms with Crippen LogP contribution in [0.2, 0.25) is 0 Å². The van der Waals surface area contributed by atoms with Gasteiger partial charge in [-0.1, -0.05) is 6.07 Å². The Kier molecular flexibility index (Phi) is 4.14. The van der Waals surface area contributed by atoms with Crippen LogP contribution in [0.4, 0.5) is 5.69 Å². The Morgan fingerprint density at radius 2 is 2.00 bits per heavy atom. The molecule has 2 aliphatic rings. The molecule has 1 N–H and O–H groups in total. The minimum Gasteiger partial charge on any atom is -0.372 e. The SMILES string of the molecule is C[C@@H]1CN(c2ccc(CNC3CC3)cc2C#N)C[C@H](C)O1. The molecule has 1 heterocycles. The van der Waals surface area contributed by atoms with E-state index >= 15 is 0 Å². The van der Waals surface area contributed by atoms with Gasteiger partial charge in [0.2, 0.25) is 0 Å². The van der Waals surface area contributed by atoms with Crippen molar-refractivity contribution in [3.63, 3.8) is 0 Å². The fourth-order valence-corrected chi connectivity index (χ4v) is 2.98. The van der Waals surface area contributed by atoms with Gasteiger partial charge in [0.1, 0.15) is 6.07 Å². The van der Waals surface area contributed by atoms with E-state index in [1.54, 1.807) is 0 Å². The third kappa shape index (κ3) is 3.55. The summed E-state index contributed by atoms with van der Waals surface area (Å²) in [5.74, 6) is 0. The van der Waals surface area contributed by atoms with Crippen molar-refractivity contribution in [3.05, 3.63) is 29.3 Å². The van der Waals surface area contributed by atoms with Crippen molar-refractivity contribution in [2.45, 2.75) is 51.5 Å². The number of nitriles is 1. The van der Waals surface area contributed by atoms with Crippen molar-refractivity contribution in [2.75, 3.05) is 18.0 Å². The molecule has 0 amide bonds. The van der Waals surface area contributed by atoms with Crippen molar-refractivity contribution in [2.24, 2.45) is 0 Å². The fraction of sp³-hybridized carbons (Fsp3) is 0.588. The van der Waals surface area contributed by atoms with Gasteiger partial charge in [0, 0.05) is 25.7 Å². The maximum Gasteiger partial charge on any atom is 0.101 e. The Balaban J connectivity index is 1.76. The molecule has 0 spiro atoms.